The number of hydrogen-bond acceptors (Lipinski definition) is 1. The Labute approximate surface area is 131 Å². The van der Waals surface area contributed by atoms with E-state index in [0.717, 1.165) is 13.1 Å². The normalized spacial score (nSPS) is 12.4. The Bertz CT molecular complexity index is 580. The lowest BCUT2D eigenvalue weighted by Crippen LogP contribution is -2.23. The third kappa shape index (κ3) is 4.29. The van der Waals surface area contributed by atoms with Crippen molar-refractivity contribution in [2.24, 2.45) is 0 Å². The van der Waals surface area contributed by atoms with Gasteiger partial charge in [0.2, 0.25) is 0 Å². The smallest absolute Gasteiger partial charge is 0.144 e. The number of nitrogens with one attached hydrogen (secondary N) is 1. The quantitative estimate of drug-likeness (QED) is 0.814. The highest BCUT2D eigenvalue weighted by atomic mass is 35.5. The molecule has 0 aliphatic carbocycles. The molecule has 0 saturated carbocycles. The molecule has 0 fully saturated rings. The molecule has 1 unspecified atom stereocenters. The van der Waals surface area contributed by atoms with Crippen LogP contribution in [0, 0.1) is 12.7 Å². The first-order valence-corrected chi connectivity index (χ1v) is 7.69. The van der Waals surface area contributed by atoms with E-state index in [1.54, 1.807) is 12.1 Å². The number of likely N-dealkylation sites (N-methyl/N-ethyl adjacent to an activating group) is 1. The van der Waals surface area contributed by atoms with Gasteiger partial charge >= 0.3 is 0 Å². The molecular weight excluding hydrogens is 285 g/mol. The number of hydrogen-bond donors (Lipinski definition) is 1. The zero-order valence-corrected chi connectivity index (χ0v) is 13.3. The average Bonchev–Trinajstić information content (AvgIpc) is 2.49. The Hall–Kier alpha value is -1.38. The van der Waals surface area contributed by atoms with Crippen LogP contribution < -0.4 is 5.32 Å². The molecule has 0 aliphatic heterocycles. The fourth-order valence-electron chi connectivity index (χ4n) is 2.44. The lowest BCUT2D eigenvalue weighted by atomic mass is 9.91. The minimum Gasteiger partial charge on any atom is -0.316 e. The third-order valence-corrected chi connectivity index (χ3v) is 3.98. The molecule has 2 aromatic carbocycles. The Kier molecular flexibility index (Phi) is 5.77. The number of rotatable bonds is 6. The van der Waals surface area contributed by atoms with Crippen molar-refractivity contribution >= 4 is 11.6 Å². The molecule has 21 heavy (non-hydrogen) atoms. The largest absolute Gasteiger partial charge is 0.316 e. The first-order valence-electron chi connectivity index (χ1n) is 7.32. The molecule has 0 heterocycles. The molecule has 0 saturated heterocycles. The van der Waals surface area contributed by atoms with Crippen molar-refractivity contribution in [3.05, 3.63) is 70.0 Å². The van der Waals surface area contributed by atoms with E-state index >= 15 is 0 Å². The minimum absolute atomic E-state index is 0.193. The van der Waals surface area contributed by atoms with Crippen molar-refractivity contribution in [1.29, 1.82) is 0 Å². The maximum atomic E-state index is 14.1. The van der Waals surface area contributed by atoms with E-state index in [-0.39, 0.29) is 16.8 Å². The second kappa shape index (κ2) is 7.58. The molecule has 3 heteroatoms. The first kappa shape index (κ1) is 16.0. The maximum absolute atomic E-state index is 14.1. The Morgan fingerprint density at radius 2 is 1.86 bits per heavy atom. The zero-order valence-electron chi connectivity index (χ0n) is 12.5. The van der Waals surface area contributed by atoms with Crippen LogP contribution in [0.3, 0.4) is 0 Å². The van der Waals surface area contributed by atoms with Crippen molar-refractivity contribution < 1.29 is 4.39 Å². The molecule has 1 N–H and O–H groups in total. The van der Waals surface area contributed by atoms with Crippen LogP contribution in [0.2, 0.25) is 5.02 Å². The molecule has 112 valence electrons. The summed E-state index contributed by atoms with van der Waals surface area (Å²) in [5, 5.41) is 3.55. The van der Waals surface area contributed by atoms with Gasteiger partial charge in [0, 0.05) is 12.5 Å². The molecule has 2 aromatic rings. The van der Waals surface area contributed by atoms with Crippen LogP contribution in [0.15, 0.2) is 42.5 Å². The summed E-state index contributed by atoms with van der Waals surface area (Å²) in [6.45, 7) is 5.87. The molecule has 2 rings (SSSR count). The zero-order chi connectivity index (χ0) is 15.2. The van der Waals surface area contributed by atoms with Crippen LogP contribution in [0.1, 0.15) is 29.5 Å². The monoisotopic (exact) mass is 305 g/mol. The SMILES string of the molecule is CCNCC(Cc1cccc(Cl)c1F)c1ccc(C)cc1. The van der Waals surface area contributed by atoms with E-state index < -0.39 is 0 Å². The van der Waals surface area contributed by atoms with Crippen molar-refractivity contribution in [2.75, 3.05) is 13.1 Å². The van der Waals surface area contributed by atoms with Gasteiger partial charge in [-0.25, -0.2) is 4.39 Å². The predicted molar refractivity (Wildman–Crippen MR) is 87.6 cm³/mol. The molecule has 0 spiro atoms. The van der Waals surface area contributed by atoms with Crippen LogP contribution in [0.5, 0.6) is 0 Å². The maximum Gasteiger partial charge on any atom is 0.144 e. The van der Waals surface area contributed by atoms with Gasteiger partial charge in [-0.05, 0) is 37.1 Å². The molecule has 0 aliphatic rings. The highest BCUT2D eigenvalue weighted by Gasteiger charge is 2.15. The van der Waals surface area contributed by atoms with Crippen molar-refractivity contribution in [3.63, 3.8) is 0 Å². The summed E-state index contributed by atoms with van der Waals surface area (Å²) in [6, 6.07) is 13.7. The highest BCUT2D eigenvalue weighted by Crippen LogP contribution is 2.25. The first-order chi connectivity index (χ1) is 10.1. The summed E-state index contributed by atoms with van der Waals surface area (Å²) >= 11 is 5.88. The van der Waals surface area contributed by atoms with Gasteiger partial charge < -0.3 is 5.32 Å². The summed E-state index contributed by atoms with van der Waals surface area (Å²) in [7, 11) is 0. The molecule has 1 atom stereocenters. The molecule has 0 aromatic heterocycles. The van der Waals surface area contributed by atoms with Gasteiger partial charge in [-0.15, -0.1) is 0 Å². The van der Waals surface area contributed by atoms with Gasteiger partial charge in [0.05, 0.1) is 5.02 Å². The molecule has 0 radical (unpaired) electrons. The number of aryl methyl sites for hydroxylation is 1. The van der Waals surface area contributed by atoms with Gasteiger partial charge in [0.1, 0.15) is 5.82 Å². The van der Waals surface area contributed by atoms with Crippen LogP contribution in [-0.4, -0.2) is 13.1 Å². The predicted octanol–water partition coefficient (Wildman–Crippen LogP) is 4.72. The Morgan fingerprint density at radius 1 is 1.14 bits per heavy atom. The van der Waals surface area contributed by atoms with Gasteiger partial charge in [0.25, 0.3) is 0 Å². The van der Waals surface area contributed by atoms with Crippen molar-refractivity contribution in [2.45, 2.75) is 26.2 Å². The van der Waals surface area contributed by atoms with Crippen LogP contribution in [0.25, 0.3) is 0 Å². The minimum atomic E-state index is -0.298. The Morgan fingerprint density at radius 3 is 2.52 bits per heavy atom. The molecule has 1 nitrogen and oxygen atoms in total. The van der Waals surface area contributed by atoms with E-state index in [1.165, 1.54) is 11.1 Å². The summed E-state index contributed by atoms with van der Waals surface area (Å²) in [5.41, 5.74) is 3.13. The standard InChI is InChI=1S/C18H21ClFN/c1-3-21-12-16(14-9-7-13(2)8-10-14)11-15-5-4-6-17(19)18(15)20/h4-10,16,21H,3,11-12H2,1-2H3. The lowest BCUT2D eigenvalue weighted by Gasteiger charge is -2.19. The van der Waals surface area contributed by atoms with Gasteiger partial charge in [-0.3, -0.25) is 0 Å². The van der Waals surface area contributed by atoms with E-state index in [2.05, 4.69) is 43.4 Å². The summed E-state index contributed by atoms with van der Waals surface area (Å²) in [6.07, 6.45) is 0.641. The van der Waals surface area contributed by atoms with Crippen molar-refractivity contribution in [1.82, 2.24) is 5.32 Å². The van der Waals surface area contributed by atoms with Gasteiger partial charge in [-0.2, -0.15) is 0 Å². The van der Waals surface area contributed by atoms with E-state index in [4.69, 9.17) is 11.6 Å². The third-order valence-electron chi connectivity index (χ3n) is 3.69. The fraction of sp³-hybridized carbons (Fsp3) is 0.333. The van der Waals surface area contributed by atoms with E-state index in [9.17, 15) is 4.39 Å². The van der Waals surface area contributed by atoms with Crippen LogP contribution in [-0.2, 0) is 6.42 Å². The topological polar surface area (TPSA) is 12.0 Å². The second-order valence-corrected chi connectivity index (χ2v) is 5.74. The molecule has 0 amide bonds. The molecule has 0 bridgehead atoms. The van der Waals surface area contributed by atoms with E-state index in [1.807, 2.05) is 6.07 Å². The second-order valence-electron chi connectivity index (χ2n) is 5.33. The van der Waals surface area contributed by atoms with Crippen molar-refractivity contribution in [3.8, 4) is 0 Å². The lowest BCUT2D eigenvalue weighted by molar-refractivity contribution is 0.562. The summed E-state index contributed by atoms with van der Waals surface area (Å²) < 4.78 is 14.1. The van der Waals surface area contributed by atoms with Gasteiger partial charge in [-0.1, -0.05) is 60.5 Å². The van der Waals surface area contributed by atoms with Crippen LogP contribution in [0.4, 0.5) is 4.39 Å². The molecular formula is C18H21ClFN. The highest BCUT2D eigenvalue weighted by molar-refractivity contribution is 6.30. The Balaban J connectivity index is 2.23. The summed E-state index contributed by atoms with van der Waals surface area (Å²) in [5.74, 6) is -0.0636. The van der Waals surface area contributed by atoms with E-state index in [0.29, 0.717) is 12.0 Å². The summed E-state index contributed by atoms with van der Waals surface area (Å²) in [4.78, 5) is 0. The van der Waals surface area contributed by atoms with Gasteiger partial charge in [0.15, 0.2) is 0 Å². The van der Waals surface area contributed by atoms with Crippen LogP contribution >= 0.6 is 11.6 Å². The average molecular weight is 306 g/mol. The fourth-order valence-corrected chi connectivity index (χ4v) is 2.63. The number of benzene rings is 2. The number of halogens is 2.